The number of aromatic nitrogens is 3. The van der Waals surface area contributed by atoms with Gasteiger partial charge in [-0.05, 0) is 36.2 Å². The highest BCUT2D eigenvalue weighted by Gasteiger charge is 2.11. The van der Waals surface area contributed by atoms with E-state index < -0.39 is 0 Å². The number of nitrogens with zero attached hydrogens (tertiary/aromatic N) is 3. The van der Waals surface area contributed by atoms with Gasteiger partial charge in [0.05, 0.1) is 12.1 Å². The number of aryl methyl sites for hydroxylation is 1. The van der Waals surface area contributed by atoms with Gasteiger partial charge in [0.15, 0.2) is 5.65 Å². The number of anilines is 1. The van der Waals surface area contributed by atoms with Crippen molar-refractivity contribution >= 4 is 28.8 Å². The number of halogens is 1. The van der Waals surface area contributed by atoms with Crippen LogP contribution in [0.15, 0.2) is 42.9 Å². The molecule has 2 heterocycles. The normalized spacial score (nSPS) is 10.8. The molecule has 0 saturated heterocycles. The molecule has 0 aliphatic carbocycles. The lowest BCUT2D eigenvalue weighted by atomic mass is 10.1. The van der Waals surface area contributed by atoms with E-state index in [4.69, 9.17) is 11.6 Å². The molecule has 106 valence electrons. The molecular weight excluding hydrogens is 288 g/mol. The lowest BCUT2D eigenvalue weighted by molar-refractivity contribution is -0.115. The average molecular weight is 301 g/mol. The Morgan fingerprint density at radius 1 is 1.38 bits per heavy atom. The largest absolute Gasteiger partial charge is 0.322 e. The summed E-state index contributed by atoms with van der Waals surface area (Å²) in [6, 6.07) is 9.17. The van der Waals surface area contributed by atoms with Crippen molar-refractivity contribution in [2.75, 3.05) is 5.32 Å². The zero-order valence-electron chi connectivity index (χ0n) is 11.4. The number of rotatable bonds is 3. The number of amides is 1. The van der Waals surface area contributed by atoms with Crippen molar-refractivity contribution in [3.05, 3.63) is 59.0 Å². The van der Waals surface area contributed by atoms with Gasteiger partial charge in [0.25, 0.3) is 0 Å². The van der Waals surface area contributed by atoms with Gasteiger partial charge in [0.1, 0.15) is 6.33 Å². The van der Waals surface area contributed by atoms with Crippen molar-refractivity contribution in [3.8, 4) is 0 Å². The molecule has 0 saturated carbocycles. The molecule has 0 bridgehead atoms. The van der Waals surface area contributed by atoms with E-state index in [9.17, 15) is 4.79 Å². The minimum atomic E-state index is -0.114. The van der Waals surface area contributed by atoms with Crippen molar-refractivity contribution in [2.24, 2.45) is 0 Å². The van der Waals surface area contributed by atoms with Gasteiger partial charge in [-0.3, -0.25) is 9.20 Å². The molecule has 21 heavy (non-hydrogen) atoms. The lowest BCUT2D eigenvalue weighted by Crippen LogP contribution is -2.16. The number of carbonyl (C=O) groups is 1. The number of fused-ring (bicyclic) bond motifs is 1. The van der Waals surface area contributed by atoms with Crippen LogP contribution >= 0.6 is 11.6 Å². The fraction of sp³-hybridized carbons (Fsp3) is 0.133. The fourth-order valence-corrected chi connectivity index (χ4v) is 2.37. The third kappa shape index (κ3) is 2.87. The first-order chi connectivity index (χ1) is 10.1. The monoisotopic (exact) mass is 300 g/mol. The highest BCUT2D eigenvalue weighted by molar-refractivity contribution is 6.30. The second-order valence-electron chi connectivity index (χ2n) is 4.79. The van der Waals surface area contributed by atoms with Gasteiger partial charge in [-0.15, -0.1) is 10.2 Å². The third-order valence-corrected chi connectivity index (χ3v) is 3.43. The summed E-state index contributed by atoms with van der Waals surface area (Å²) in [7, 11) is 0. The average Bonchev–Trinajstić information content (AvgIpc) is 2.90. The van der Waals surface area contributed by atoms with Crippen molar-refractivity contribution < 1.29 is 4.79 Å². The van der Waals surface area contributed by atoms with Crippen LogP contribution in [0.3, 0.4) is 0 Å². The Bertz CT molecular complexity index is 812. The molecule has 2 aromatic heterocycles. The number of hydrogen-bond donors (Lipinski definition) is 1. The third-order valence-electron chi connectivity index (χ3n) is 3.19. The maximum absolute atomic E-state index is 12.2. The second-order valence-corrected chi connectivity index (χ2v) is 5.23. The van der Waals surface area contributed by atoms with Crippen LogP contribution in [0, 0.1) is 6.92 Å². The number of benzene rings is 1. The summed E-state index contributed by atoms with van der Waals surface area (Å²) in [6.45, 7) is 1.92. The van der Waals surface area contributed by atoms with E-state index >= 15 is 0 Å². The van der Waals surface area contributed by atoms with Crippen LogP contribution in [0.1, 0.15) is 11.1 Å². The minimum absolute atomic E-state index is 0.114. The molecule has 0 atom stereocenters. The molecule has 1 amide bonds. The second kappa shape index (κ2) is 5.54. The summed E-state index contributed by atoms with van der Waals surface area (Å²) < 4.78 is 1.77. The molecule has 0 fully saturated rings. The molecular formula is C15H13ClN4O. The maximum atomic E-state index is 12.2. The van der Waals surface area contributed by atoms with Crippen LogP contribution in [-0.2, 0) is 11.2 Å². The molecule has 0 unspecified atom stereocenters. The number of pyridine rings is 1. The molecule has 3 aromatic rings. The van der Waals surface area contributed by atoms with Gasteiger partial charge in [-0.25, -0.2) is 0 Å². The molecule has 3 rings (SSSR count). The molecule has 5 nitrogen and oxygen atoms in total. The summed E-state index contributed by atoms with van der Waals surface area (Å²) in [5.74, 6) is -0.114. The SMILES string of the molecule is Cc1ccn2cnnc2c1NC(=O)Cc1cccc(Cl)c1. The van der Waals surface area contributed by atoms with Crippen molar-refractivity contribution in [1.29, 1.82) is 0 Å². The highest BCUT2D eigenvalue weighted by Crippen LogP contribution is 2.20. The van der Waals surface area contributed by atoms with Crippen LogP contribution in [0.25, 0.3) is 5.65 Å². The number of carbonyl (C=O) groups excluding carboxylic acids is 1. The van der Waals surface area contributed by atoms with Crippen LogP contribution in [-0.4, -0.2) is 20.5 Å². The quantitative estimate of drug-likeness (QED) is 0.809. The first-order valence-electron chi connectivity index (χ1n) is 6.47. The smallest absolute Gasteiger partial charge is 0.228 e. The highest BCUT2D eigenvalue weighted by atomic mass is 35.5. The Morgan fingerprint density at radius 2 is 2.24 bits per heavy atom. The number of hydrogen-bond acceptors (Lipinski definition) is 3. The van der Waals surface area contributed by atoms with Gasteiger partial charge in [0, 0.05) is 11.2 Å². The zero-order chi connectivity index (χ0) is 14.8. The van der Waals surface area contributed by atoms with E-state index in [-0.39, 0.29) is 12.3 Å². The Morgan fingerprint density at radius 3 is 3.05 bits per heavy atom. The van der Waals surface area contributed by atoms with E-state index in [0.29, 0.717) is 16.4 Å². The molecule has 1 aromatic carbocycles. The van der Waals surface area contributed by atoms with Crippen LogP contribution in [0.4, 0.5) is 5.69 Å². The fourth-order valence-electron chi connectivity index (χ4n) is 2.15. The maximum Gasteiger partial charge on any atom is 0.228 e. The van der Waals surface area contributed by atoms with E-state index in [0.717, 1.165) is 11.1 Å². The lowest BCUT2D eigenvalue weighted by Gasteiger charge is -2.09. The summed E-state index contributed by atoms with van der Waals surface area (Å²) in [4.78, 5) is 12.2. The van der Waals surface area contributed by atoms with Crippen molar-refractivity contribution in [3.63, 3.8) is 0 Å². The van der Waals surface area contributed by atoms with Gasteiger partial charge in [0.2, 0.25) is 5.91 Å². The molecule has 0 aliphatic rings. The van der Waals surface area contributed by atoms with Gasteiger partial charge in [-0.2, -0.15) is 0 Å². The topological polar surface area (TPSA) is 59.3 Å². The predicted molar refractivity (Wildman–Crippen MR) is 81.5 cm³/mol. The van der Waals surface area contributed by atoms with E-state index in [1.54, 1.807) is 22.9 Å². The van der Waals surface area contributed by atoms with Crippen molar-refractivity contribution in [2.45, 2.75) is 13.3 Å². The Balaban J connectivity index is 1.83. The van der Waals surface area contributed by atoms with Gasteiger partial charge in [-0.1, -0.05) is 23.7 Å². The molecule has 6 heteroatoms. The number of nitrogens with one attached hydrogen (secondary N) is 1. The van der Waals surface area contributed by atoms with Crippen molar-refractivity contribution in [1.82, 2.24) is 14.6 Å². The van der Waals surface area contributed by atoms with E-state index in [2.05, 4.69) is 15.5 Å². The first-order valence-corrected chi connectivity index (χ1v) is 6.84. The predicted octanol–water partition coefficient (Wildman–Crippen LogP) is 2.87. The summed E-state index contributed by atoms with van der Waals surface area (Å²) in [5.41, 5.74) is 3.12. The zero-order valence-corrected chi connectivity index (χ0v) is 12.1. The van der Waals surface area contributed by atoms with Crippen LogP contribution in [0.5, 0.6) is 0 Å². The molecule has 0 radical (unpaired) electrons. The standard InChI is InChI=1S/C15H13ClN4O/c1-10-5-6-20-9-17-19-15(20)14(10)18-13(21)8-11-3-2-4-12(16)7-11/h2-7,9H,8H2,1H3,(H,18,21). The van der Waals surface area contributed by atoms with Crippen LogP contribution < -0.4 is 5.32 Å². The molecule has 1 N–H and O–H groups in total. The first kappa shape index (κ1) is 13.6. The van der Waals surface area contributed by atoms with Gasteiger partial charge >= 0.3 is 0 Å². The Kier molecular flexibility index (Phi) is 3.58. The van der Waals surface area contributed by atoms with E-state index in [1.807, 2.05) is 31.3 Å². The minimum Gasteiger partial charge on any atom is -0.322 e. The molecule has 0 aliphatic heterocycles. The Labute approximate surface area is 126 Å². The Hall–Kier alpha value is -2.40. The van der Waals surface area contributed by atoms with E-state index in [1.165, 1.54) is 0 Å². The summed E-state index contributed by atoms with van der Waals surface area (Å²) in [6.07, 6.45) is 3.72. The summed E-state index contributed by atoms with van der Waals surface area (Å²) in [5, 5.41) is 11.4. The van der Waals surface area contributed by atoms with Crippen LogP contribution in [0.2, 0.25) is 5.02 Å². The van der Waals surface area contributed by atoms with Gasteiger partial charge < -0.3 is 5.32 Å². The molecule has 0 spiro atoms. The summed E-state index contributed by atoms with van der Waals surface area (Å²) >= 11 is 5.92.